The van der Waals surface area contributed by atoms with Crippen molar-refractivity contribution in [2.24, 2.45) is 5.92 Å². The van der Waals surface area contributed by atoms with Crippen molar-refractivity contribution in [2.75, 3.05) is 0 Å². The van der Waals surface area contributed by atoms with Gasteiger partial charge in [-0.15, -0.1) is 0 Å². The molecule has 1 aromatic rings. The molecule has 2 nitrogen and oxygen atoms in total. The van der Waals surface area contributed by atoms with Crippen LogP contribution in [0.5, 0.6) is 5.75 Å². The second-order valence-electron chi connectivity index (χ2n) is 5.25. The fourth-order valence-electron chi connectivity index (χ4n) is 2.83. The second-order valence-corrected chi connectivity index (χ2v) is 5.25. The summed E-state index contributed by atoms with van der Waals surface area (Å²) >= 11 is 0. The van der Waals surface area contributed by atoms with Gasteiger partial charge in [0.05, 0.1) is 6.10 Å². The van der Waals surface area contributed by atoms with Gasteiger partial charge < -0.3 is 10.2 Å². The SMILES string of the molecule is Oc1cccc(CCCC2CCCC(O)C2)c1. The molecule has 17 heavy (non-hydrogen) atoms. The summed E-state index contributed by atoms with van der Waals surface area (Å²) in [4.78, 5) is 0. The molecule has 1 saturated carbocycles. The monoisotopic (exact) mass is 234 g/mol. The third-order valence-electron chi connectivity index (χ3n) is 3.74. The van der Waals surface area contributed by atoms with E-state index in [0.29, 0.717) is 11.7 Å². The largest absolute Gasteiger partial charge is 0.508 e. The molecule has 0 amide bonds. The minimum absolute atomic E-state index is 0.0606. The molecule has 1 fully saturated rings. The average Bonchev–Trinajstić information content (AvgIpc) is 2.29. The van der Waals surface area contributed by atoms with E-state index in [9.17, 15) is 10.2 Å². The third kappa shape index (κ3) is 4.04. The normalized spacial score (nSPS) is 24.8. The van der Waals surface area contributed by atoms with Crippen LogP contribution in [-0.2, 0) is 6.42 Å². The lowest BCUT2D eigenvalue weighted by Crippen LogP contribution is -2.19. The van der Waals surface area contributed by atoms with Crippen LogP contribution in [0.4, 0.5) is 0 Å². The van der Waals surface area contributed by atoms with Gasteiger partial charge in [-0.25, -0.2) is 0 Å². The number of phenolic OH excluding ortho intramolecular Hbond substituents is 1. The van der Waals surface area contributed by atoms with Crippen molar-refractivity contribution >= 4 is 0 Å². The number of aromatic hydroxyl groups is 1. The summed E-state index contributed by atoms with van der Waals surface area (Å²) in [6.07, 6.45) is 7.75. The number of hydrogen-bond donors (Lipinski definition) is 2. The molecule has 0 aromatic heterocycles. The van der Waals surface area contributed by atoms with Crippen LogP contribution in [0.25, 0.3) is 0 Å². The number of rotatable bonds is 4. The Bertz CT molecular complexity index is 349. The summed E-state index contributed by atoms with van der Waals surface area (Å²) in [6.45, 7) is 0. The van der Waals surface area contributed by atoms with Gasteiger partial charge in [0.25, 0.3) is 0 Å². The van der Waals surface area contributed by atoms with Crippen molar-refractivity contribution < 1.29 is 10.2 Å². The molecule has 0 saturated heterocycles. The predicted octanol–water partition coefficient (Wildman–Crippen LogP) is 3.27. The number of aliphatic hydroxyl groups is 1. The lowest BCUT2D eigenvalue weighted by Gasteiger charge is -2.25. The summed E-state index contributed by atoms with van der Waals surface area (Å²) in [5.74, 6) is 1.06. The van der Waals surface area contributed by atoms with E-state index < -0.39 is 0 Å². The Morgan fingerprint density at radius 1 is 1.24 bits per heavy atom. The zero-order valence-electron chi connectivity index (χ0n) is 10.3. The number of aliphatic hydroxyl groups excluding tert-OH is 1. The summed E-state index contributed by atoms with van der Waals surface area (Å²) in [5.41, 5.74) is 1.21. The van der Waals surface area contributed by atoms with Gasteiger partial charge in [-0.2, -0.15) is 0 Å². The Morgan fingerprint density at radius 3 is 2.88 bits per heavy atom. The van der Waals surface area contributed by atoms with E-state index in [1.807, 2.05) is 12.1 Å². The maximum atomic E-state index is 9.60. The molecule has 2 atom stereocenters. The van der Waals surface area contributed by atoms with E-state index in [2.05, 4.69) is 6.07 Å². The first-order chi connectivity index (χ1) is 8.24. The van der Waals surface area contributed by atoms with E-state index in [1.54, 1.807) is 6.07 Å². The number of phenols is 1. The fourth-order valence-corrected chi connectivity index (χ4v) is 2.83. The maximum Gasteiger partial charge on any atom is 0.115 e. The minimum atomic E-state index is -0.0606. The van der Waals surface area contributed by atoms with E-state index >= 15 is 0 Å². The van der Waals surface area contributed by atoms with E-state index in [1.165, 1.54) is 24.8 Å². The van der Waals surface area contributed by atoms with Crippen LogP contribution in [0.2, 0.25) is 0 Å². The highest BCUT2D eigenvalue weighted by molar-refractivity contribution is 5.27. The molecule has 2 N–H and O–H groups in total. The third-order valence-corrected chi connectivity index (χ3v) is 3.74. The van der Waals surface area contributed by atoms with Gasteiger partial charge in [0.15, 0.2) is 0 Å². The van der Waals surface area contributed by atoms with E-state index in [4.69, 9.17) is 0 Å². The summed E-state index contributed by atoms with van der Waals surface area (Å²) in [7, 11) is 0. The molecule has 1 aliphatic rings. The van der Waals surface area contributed by atoms with Gasteiger partial charge in [-0.3, -0.25) is 0 Å². The molecule has 2 unspecified atom stereocenters. The van der Waals surface area contributed by atoms with Crippen LogP contribution in [0.15, 0.2) is 24.3 Å². The Balaban J connectivity index is 1.72. The van der Waals surface area contributed by atoms with Gasteiger partial charge in [0.2, 0.25) is 0 Å². The molecule has 1 aliphatic carbocycles. The number of hydrogen-bond acceptors (Lipinski definition) is 2. The minimum Gasteiger partial charge on any atom is -0.508 e. The van der Waals surface area contributed by atoms with Crippen molar-refractivity contribution in [2.45, 2.75) is 51.0 Å². The van der Waals surface area contributed by atoms with Crippen LogP contribution in [0.1, 0.15) is 44.1 Å². The molecular formula is C15H22O2. The highest BCUT2D eigenvalue weighted by atomic mass is 16.3. The highest BCUT2D eigenvalue weighted by Crippen LogP contribution is 2.28. The molecule has 94 valence electrons. The van der Waals surface area contributed by atoms with Gasteiger partial charge >= 0.3 is 0 Å². The van der Waals surface area contributed by atoms with Crippen LogP contribution < -0.4 is 0 Å². The van der Waals surface area contributed by atoms with Gasteiger partial charge in [0, 0.05) is 0 Å². The van der Waals surface area contributed by atoms with Crippen LogP contribution >= 0.6 is 0 Å². The van der Waals surface area contributed by atoms with Crippen molar-refractivity contribution in [3.05, 3.63) is 29.8 Å². The lowest BCUT2D eigenvalue weighted by molar-refractivity contribution is 0.0976. The van der Waals surface area contributed by atoms with Crippen LogP contribution in [0.3, 0.4) is 0 Å². The van der Waals surface area contributed by atoms with Gasteiger partial charge in [-0.05, 0) is 49.3 Å². The molecule has 0 aliphatic heterocycles. The van der Waals surface area contributed by atoms with Crippen molar-refractivity contribution in [3.63, 3.8) is 0 Å². The van der Waals surface area contributed by atoms with Crippen molar-refractivity contribution in [1.29, 1.82) is 0 Å². The number of aryl methyl sites for hydroxylation is 1. The molecular weight excluding hydrogens is 212 g/mol. The standard InChI is InChI=1S/C15H22O2/c16-14-8-2-6-12(10-14)4-1-5-13-7-3-9-15(17)11-13/h2,6,8,10,13,15-17H,1,3-5,7,9,11H2. The zero-order valence-corrected chi connectivity index (χ0v) is 10.3. The average molecular weight is 234 g/mol. The fraction of sp³-hybridized carbons (Fsp3) is 0.600. The Hall–Kier alpha value is -1.02. The summed E-state index contributed by atoms with van der Waals surface area (Å²) in [5, 5.41) is 19.0. The summed E-state index contributed by atoms with van der Waals surface area (Å²) < 4.78 is 0. The number of benzene rings is 1. The first-order valence-electron chi connectivity index (χ1n) is 6.70. The molecule has 0 heterocycles. The smallest absolute Gasteiger partial charge is 0.115 e. The van der Waals surface area contributed by atoms with Gasteiger partial charge in [-0.1, -0.05) is 31.4 Å². The van der Waals surface area contributed by atoms with E-state index in [-0.39, 0.29) is 6.10 Å². The summed E-state index contributed by atoms with van der Waals surface area (Å²) in [6, 6.07) is 7.52. The molecule has 0 radical (unpaired) electrons. The highest BCUT2D eigenvalue weighted by Gasteiger charge is 2.19. The van der Waals surface area contributed by atoms with Crippen LogP contribution in [-0.4, -0.2) is 16.3 Å². The Morgan fingerprint density at radius 2 is 2.12 bits per heavy atom. The van der Waals surface area contributed by atoms with Gasteiger partial charge in [0.1, 0.15) is 5.75 Å². The lowest BCUT2D eigenvalue weighted by atomic mass is 9.84. The topological polar surface area (TPSA) is 40.5 Å². The Labute approximate surface area is 103 Å². The molecule has 1 aromatic carbocycles. The predicted molar refractivity (Wildman–Crippen MR) is 69.0 cm³/mol. The quantitative estimate of drug-likeness (QED) is 0.839. The van der Waals surface area contributed by atoms with Crippen molar-refractivity contribution in [3.8, 4) is 5.75 Å². The first-order valence-corrected chi connectivity index (χ1v) is 6.70. The molecule has 0 spiro atoms. The van der Waals surface area contributed by atoms with Crippen LogP contribution in [0, 0.1) is 5.92 Å². The molecule has 0 bridgehead atoms. The molecule has 2 rings (SSSR count). The van der Waals surface area contributed by atoms with E-state index in [0.717, 1.165) is 25.7 Å². The molecule has 2 heteroatoms. The second kappa shape index (κ2) is 6.06. The maximum absolute atomic E-state index is 9.60. The Kier molecular flexibility index (Phi) is 4.43. The van der Waals surface area contributed by atoms with Crippen molar-refractivity contribution in [1.82, 2.24) is 0 Å². The zero-order chi connectivity index (χ0) is 12.1. The first kappa shape index (κ1) is 12.4.